The Bertz CT molecular complexity index is 219. The Labute approximate surface area is 86.6 Å². The van der Waals surface area contributed by atoms with Gasteiger partial charge in [-0.1, -0.05) is 44.2 Å². The summed E-state index contributed by atoms with van der Waals surface area (Å²) in [6.45, 7) is 4.60. The third kappa shape index (κ3) is 4.15. The molecule has 0 saturated heterocycles. The molecule has 0 amide bonds. The fourth-order valence-corrected chi connectivity index (χ4v) is 4.57. The van der Waals surface area contributed by atoms with E-state index in [2.05, 4.69) is 55.6 Å². The standard InChI is InChI=1S/C11H17PS/c1-3-12(4-2)13-10-11-8-6-5-7-9-11/h5-9H,3-4,10H2,1-2H3. The van der Waals surface area contributed by atoms with Crippen LogP contribution in [0.1, 0.15) is 19.4 Å². The van der Waals surface area contributed by atoms with Gasteiger partial charge in [0.05, 0.1) is 0 Å². The van der Waals surface area contributed by atoms with E-state index in [1.807, 2.05) is 0 Å². The van der Waals surface area contributed by atoms with Crippen LogP contribution in [0.2, 0.25) is 0 Å². The molecule has 0 aliphatic heterocycles. The molecule has 2 heteroatoms. The van der Waals surface area contributed by atoms with Crippen LogP contribution >= 0.6 is 18.5 Å². The zero-order valence-electron chi connectivity index (χ0n) is 8.36. The first-order valence-corrected chi connectivity index (χ1v) is 8.09. The number of hydrogen-bond donors (Lipinski definition) is 0. The van der Waals surface area contributed by atoms with Gasteiger partial charge in [-0.25, -0.2) is 0 Å². The van der Waals surface area contributed by atoms with E-state index < -0.39 is 0 Å². The zero-order valence-corrected chi connectivity index (χ0v) is 10.1. The van der Waals surface area contributed by atoms with Crippen molar-refractivity contribution in [3.05, 3.63) is 35.9 Å². The second-order valence-corrected chi connectivity index (χ2v) is 7.97. The quantitative estimate of drug-likeness (QED) is 0.653. The molecule has 0 radical (unpaired) electrons. The zero-order chi connectivity index (χ0) is 9.52. The minimum absolute atomic E-state index is 0.237. The molecule has 0 aromatic heterocycles. The van der Waals surface area contributed by atoms with Crippen LogP contribution in [-0.2, 0) is 5.75 Å². The molecular formula is C11H17PS. The van der Waals surface area contributed by atoms with E-state index in [9.17, 15) is 0 Å². The van der Waals surface area contributed by atoms with Crippen molar-refractivity contribution in [1.29, 1.82) is 0 Å². The normalized spacial score (nSPS) is 10.7. The molecule has 72 valence electrons. The van der Waals surface area contributed by atoms with E-state index in [4.69, 9.17) is 0 Å². The maximum atomic E-state index is 2.30. The van der Waals surface area contributed by atoms with Crippen molar-refractivity contribution >= 4 is 18.5 Å². The van der Waals surface area contributed by atoms with Gasteiger partial charge in [0, 0.05) is 5.75 Å². The van der Waals surface area contributed by atoms with Gasteiger partial charge in [-0.3, -0.25) is 0 Å². The first-order valence-electron chi connectivity index (χ1n) is 4.78. The number of benzene rings is 1. The lowest BCUT2D eigenvalue weighted by molar-refractivity contribution is 1.41. The minimum Gasteiger partial charge on any atom is -0.129 e. The highest BCUT2D eigenvalue weighted by Gasteiger charge is 2.02. The summed E-state index contributed by atoms with van der Waals surface area (Å²) in [7, 11) is 0.237. The summed E-state index contributed by atoms with van der Waals surface area (Å²) in [5.74, 6) is 1.19. The van der Waals surface area contributed by atoms with Gasteiger partial charge in [0.25, 0.3) is 0 Å². The second-order valence-electron chi connectivity index (χ2n) is 2.87. The molecule has 0 heterocycles. The Morgan fingerprint density at radius 2 is 1.69 bits per heavy atom. The van der Waals surface area contributed by atoms with E-state index in [0.717, 1.165) is 0 Å². The largest absolute Gasteiger partial charge is 0.129 e. The van der Waals surface area contributed by atoms with E-state index in [0.29, 0.717) is 0 Å². The van der Waals surface area contributed by atoms with Crippen molar-refractivity contribution in [2.24, 2.45) is 0 Å². The van der Waals surface area contributed by atoms with Crippen molar-refractivity contribution in [2.45, 2.75) is 19.6 Å². The van der Waals surface area contributed by atoms with E-state index >= 15 is 0 Å². The van der Waals surface area contributed by atoms with Gasteiger partial charge >= 0.3 is 0 Å². The predicted octanol–water partition coefficient (Wildman–Crippen LogP) is 4.36. The molecule has 0 atom stereocenters. The molecule has 1 aromatic carbocycles. The summed E-state index contributed by atoms with van der Waals surface area (Å²) in [5, 5.41) is 0. The van der Waals surface area contributed by atoms with Crippen molar-refractivity contribution in [1.82, 2.24) is 0 Å². The summed E-state index contributed by atoms with van der Waals surface area (Å²) in [6.07, 6.45) is 2.70. The van der Waals surface area contributed by atoms with Gasteiger partial charge in [-0.2, -0.15) is 0 Å². The third-order valence-corrected chi connectivity index (χ3v) is 7.23. The lowest BCUT2D eigenvalue weighted by Gasteiger charge is -2.11. The Morgan fingerprint density at radius 3 is 2.23 bits per heavy atom. The predicted molar refractivity (Wildman–Crippen MR) is 65.7 cm³/mol. The number of rotatable bonds is 5. The van der Waals surface area contributed by atoms with Crippen LogP contribution in [0.25, 0.3) is 0 Å². The first kappa shape index (κ1) is 11.1. The minimum atomic E-state index is 0.237. The second kappa shape index (κ2) is 6.45. The van der Waals surface area contributed by atoms with Crippen LogP contribution in [-0.4, -0.2) is 12.3 Å². The molecule has 1 aromatic rings. The van der Waals surface area contributed by atoms with Crippen molar-refractivity contribution < 1.29 is 0 Å². The summed E-state index contributed by atoms with van der Waals surface area (Å²) in [5.41, 5.74) is 1.46. The Morgan fingerprint density at radius 1 is 1.08 bits per heavy atom. The maximum Gasteiger partial charge on any atom is 0.0226 e. The summed E-state index contributed by atoms with van der Waals surface area (Å²) in [4.78, 5) is 0. The van der Waals surface area contributed by atoms with Gasteiger partial charge in [-0.05, 0) is 25.0 Å². The van der Waals surface area contributed by atoms with Gasteiger partial charge in [0.15, 0.2) is 0 Å². The van der Waals surface area contributed by atoms with E-state index in [1.165, 1.54) is 23.6 Å². The molecule has 0 saturated carbocycles. The lowest BCUT2D eigenvalue weighted by atomic mass is 10.2. The van der Waals surface area contributed by atoms with Crippen LogP contribution in [0.15, 0.2) is 30.3 Å². The van der Waals surface area contributed by atoms with Crippen molar-refractivity contribution in [3.8, 4) is 0 Å². The van der Waals surface area contributed by atoms with E-state index in [-0.39, 0.29) is 7.12 Å². The Kier molecular flexibility index (Phi) is 5.50. The topological polar surface area (TPSA) is 0 Å². The molecule has 13 heavy (non-hydrogen) atoms. The monoisotopic (exact) mass is 212 g/mol. The molecule has 0 fully saturated rings. The summed E-state index contributed by atoms with van der Waals surface area (Å²) >= 11 is 2.14. The van der Waals surface area contributed by atoms with Crippen LogP contribution < -0.4 is 0 Å². The molecular weight excluding hydrogens is 195 g/mol. The molecule has 1 rings (SSSR count). The van der Waals surface area contributed by atoms with Crippen LogP contribution in [0.3, 0.4) is 0 Å². The van der Waals surface area contributed by atoms with Crippen molar-refractivity contribution in [3.63, 3.8) is 0 Å². The van der Waals surface area contributed by atoms with Crippen LogP contribution in [0, 0.1) is 0 Å². The maximum absolute atomic E-state index is 2.30. The van der Waals surface area contributed by atoms with Crippen LogP contribution in [0.5, 0.6) is 0 Å². The van der Waals surface area contributed by atoms with Gasteiger partial charge in [0.1, 0.15) is 0 Å². The lowest BCUT2D eigenvalue weighted by Crippen LogP contribution is -1.81. The molecule has 0 aliphatic rings. The third-order valence-electron chi connectivity index (χ3n) is 1.96. The molecule has 0 bridgehead atoms. The molecule has 0 spiro atoms. The highest BCUT2D eigenvalue weighted by Crippen LogP contribution is 2.50. The van der Waals surface area contributed by atoms with Gasteiger partial charge in [-0.15, -0.1) is 11.4 Å². The first-order chi connectivity index (χ1) is 6.36. The van der Waals surface area contributed by atoms with Gasteiger partial charge < -0.3 is 0 Å². The fourth-order valence-electron chi connectivity index (χ4n) is 1.15. The van der Waals surface area contributed by atoms with Gasteiger partial charge in [0.2, 0.25) is 0 Å². The molecule has 0 unspecified atom stereocenters. The highest BCUT2D eigenvalue weighted by atomic mass is 32.7. The smallest absolute Gasteiger partial charge is 0.0226 e. The highest BCUT2D eigenvalue weighted by molar-refractivity contribution is 8.55. The SMILES string of the molecule is CCP(CC)SCc1ccccc1. The Balaban J connectivity index is 2.34. The molecule has 0 N–H and O–H groups in total. The van der Waals surface area contributed by atoms with Crippen LogP contribution in [0.4, 0.5) is 0 Å². The van der Waals surface area contributed by atoms with Crippen molar-refractivity contribution in [2.75, 3.05) is 12.3 Å². The summed E-state index contributed by atoms with van der Waals surface area (Å²) in [6, 6.07) is 10.8. The number of hydrogen-bond acceptors (Lipinski definition) is 1. The Hall–Kier alpha value is 0. The average molecular weight is 212 g/mol. The molecule has 0 nitrogen and oxygen atoms in total. The average Bonchev–Trinajstić information content (AvgIpc) is 2.21. The summed E-state index contributed by atoms with van der Waals surface area (Å²) < 4.78 is 0. The fraction of sp³-hybridized carbons (Fsp3) is 0.455. The van der Waals surface area contributed by atoms with E-state index in [1.54, 1.807) is 0 Å². The molecule has 0 aliphatic carbocycles.